The van der Waals surface area contributed by atoms with Gasteiger partial charge in [0.25, 0.3) is 5.91 Å². The van der Waals surface area contributed by atoms with E-state index in [2.05, 4.69) is 71.2 Å². The first kappa shape index (κ1) is 55.2. The predicted molar refractivity (Wildman–Crippen MR) is 290 cm³/mol. The van der Waals surface area contributed by atoms with Gasteiger partial charge >= 0.3 is 0 Å². The molecule has 0 spiro atoms. The fourth-order valence-corrected chi connectivity index (χ4v) is 10.4. The Balaban J connectivity index is 1.38. The third-order valence-corrected chi connectivity index (χ3v) is 15.6. The number of unbranched alkanes of at least 4 members (excludes halogenated alkanes) is 9. The highest BCUT2D eigenvalue weighted by atomic mass is 35.5. The Hall–Kier alpha value is -3.73. The molecule has 0 aromatic heterocycles. The number of halogens is 4. The number of carbonyl (C=O) groups is 3. The van der Waals surface area contributed by atoms with Crippen LogP contribution in [0, 0.1) is 0 Å². The number of hydrogen-bond donors (Lipinski definition) is 2. The number of thioether (sulfide) groups is 1. The number of benzene rings is 4. The molecule has 368 valence electrons. The van der Waals surface area contributed by atoms with Gasteiger partial charge in [0.2, 0.25) is 11.8 Å². The number of aliphatic imine (C=N–C) groups is 1. The van der Waals surface area contributed by atoms with Crippen molar-refractivity contribution in [1.82, 2.24) is 0 Å². The first-order chi connectivity index (χ1) is 32.4. The molecular weight excluding hydrogens is 955 g/mol. The molecule has 0 saturated carbocycles. The Morgan fingerprint density at radius 2 is 1.40 bits per heavy atom. The third-order valence-electron chi connectivity index (χ3n) is 13.2. The minimum Gasteiger partial charge on any atom is -0.480 e. The number of anilines is 3. The molecule has 4 aromatic rings. The van der Waals surface area contributed by atoms with E-state index in [-0.39, 0.29) is 45.1 Å². The lowest BCUT2D eigenvalue weighted by Gasteiger charge is -2.31. The van der Waals surface area contributed by atoms with E-state index in [1.165, 1.54) is 79.3 Å². The maximum absolute atomic E-state index is 14.6. The van der Waals surface area contributed by atoms with Gasteiger partial charge in [-0.05, 0) is 90.6 Å². The molecule has 4 aromatic carbocycles. The van der Waals surface area contributed by atoms with E-state index in [1.807, 2.05) is 31.2 Å². The SMILES string of the molecule is CCCCCCCCCCCCC(=O)Nc1ccc(Cl)c(N=C2CN(c3c(Cl)cc(Cl)cc3Cl)C(=O)C2Sc2ccccc2NC(=O)C(CC)Oc2ccc(C(C)(C)CC)cc2C(C)(C)CC)c1. The van der Waals surface area contributed by atoms with Gasteiger partial charge in [-0.25, -0.2) is 0 Å². The highest BCUT2D eigenvalue weighted by molar-refractivity contribution is 8.01. The summed E-state index contributed by atoms with van der Waals surface area (Å²) in [5.74, 6) is -0.0357. The third kappa shape index (κ3) is 14.9. The molecule has 0 radical (unpaired) electrons. The van der Waals surface area contributed by atoms with Crippen LogP contribution >= 0.6 is 58.2 Å². The van der Waals surface area contributed by atoms with Crippen molar-refractivity contribution in [2.45, 2.75) is 172 Å². The molecule has 3 amide bonds. The van der Waals surface area contributed by atoms with Crippen molar-refractivity contribution in [2.75, 3.05) is 22.1 Å². The van der Waals surface area contributed by atoms with Crippen LogP contribution in [-0.4, -0.2) is 41.3 Å². The van der Waals surface area contributed by atoms with Gasteiger partial charge in [-0.15, -0.1) is 11.8 Å². The van der Waals surface area contributed by atoms with Crippen LogP contribution < -0.4 is 20.3 Å². The average Bonchev–Trinajstić information content (AvgIpc) is 3.59. The lowest BCUT2D eigenvalue weighted by atomic mass is 9.76. The molecule has 1 heterocycles. The van der Waals surface area contributed by atoms with Gasteiger partial charge < -0.3 is 20.3 Å². The zero-order valence-corrected chi connectivity index (χ0v) is 45.0. The number of para-hydroxylation sites is 1. The smallest absolute Gasteiger partial charge is 0.265 e. The van der Waals surface area contributed by atoms with Crippen molar-refractivity contribution in [3.8, 4) is 5.75 Å². The van der Waals surface area contributed by atoms with E-state index in [9.17, 15) is 14.4 Å². The number of nitrogens with zero attached hydrogens (tertiary/aromatic N) is 2. The van der Waals surface area contributed by atoms with E-state index >= 15 is 0 Å². The zero-order valence-electron chi connectivity index (χ0n) is 41.1. The molecule has 1 aliphatic rings. The lowest BCUT2D eigenvalue weighted by molar-refractivity contribution is -0.123. The van der Waals surface area contributed by atoms with Crippen LogP contribution in [0.1, 0.15) is 156 Å². The molecule has 5 rings (SSSR count). The van der Waals surface area contributed by atoms with Gasteiger partial charge in [0.05, 0.1) is 44.4 Å². The van der Waals surface area contributed by atoms with Gasteiger partial charge in [0.1, 0.15) is 11.0 Å². The Morgan fingerprint density at radius 1 is 0.765 bits per heavy atom. The Labute approximate surface area is 430 Å². The molecule has 0 aliphatic carbocycles. The van der Waals surface area contributed by atoms with E-state index in [1.54, 1.807) is 24.3 Å². The molecule has 1 saturated heterocycles. The number of hydrogen-bond acceptors (Lipinski definition) is 6. The number of nitrogens with one attached hydrogen (secondary N) is 2. The molecule has 2 atom stereocenters. The molecule has 8 nitrogen and oxygen atoms in total. The normalized spacial score (nSPS) is 15.2. The summed E-state index contributed by atoms with van der Waals surface area (Å²) in [6.45, 7) is 17.4. The van der Waals surface area contributed by atoms with Gasteiger partial charge in [-0.2, -0.15) is 0 Å². The number of amides is 3. The minimum absolute atomic E-state index is 0.0185. The first-order valence-electron chi connectivity index (χ1n) is 24.4. The Bertz CT molecular complexity index is 2380. The fraction of sp³-hybridized carbons (Fsp3) is 0.491. The fourth-order valence-electron chi connectivity index (χ4n) is 8.09. The summed E-state index contributed by atoms with van der Waals surface area (Å²) < 4.78 is 6.61. The van der Waals surface area contributed by atoms with Gasteiger partial charge in [0.15, 0.2) is 6.10 Å². The summed E-state index contributed by atoms with van der Waals surface area (Å²) in [6.07, 6.45) is 13.8. The predicted octanol–water partition coefficient (Wildman–Crippen LogP) is 17.0. The molecule has 1 aliphatic heterocycles. The van der Waals surface area contributed by atoms with Gasteiger partial charge in [-0.1, -0.05) is 184 Å². The van der Waals surface area contributed by atoms with Crippen LogP contribution in [0.5, 0.6) is 5.75 Å². The lowest BCUT2D eigenvalue weighted by Crippen LogP contribution is -2.33. The first-order valence-corrected chi connectivity index (χ1v) is 26.8. The molecule has 1 fully saturated rings. The standard InChI is InChI=1S/C55H70Cl4N4O4S/c1-9-13-14-15-16-17-18-19-20-21-26-49(64)60-38-28-29-40(57)44(34-38)61-45-35-63(50-41(58)32-37(56)33-42(50)59)53(66)51(45)68-48-25-23-22-24-43(48)62-52(65)46(10-2)67-47-30-27-36(54(5,6)11-3)31-39(47)55(7,8)12-4/h22-25,27-34,46,51H,9-21,26,35H2,1-8H3,(H,60,64)(H,62,65). The van der Waals surface area contributed by atoms with E-state index in [4.69, 9.17) is 56.1 Å². The second-order valence-corrected chi connectivity index (χ2v) is 21.9. The van der Waals surface area contributed by atoms with Crippen molar-refractivity contribution >= 4 is 104 Å². The molecule has 0 bridgehead atoms. The van der Waals surface area contributed by atoms with Crippen molar-refractivity contribution in [3.63, 3.8) is 0 Å². The molecule has 68 heavy (non-hydrogen) atoms. The summed E-state index contributed by atoms with van der Waals surface area (Å²) in [6, 6.07) is 21.9. The Kier molecular flexibility index (Phi) is 21.0. The zero-order chi connectivity index (χ0) is 49.6. The van der Waals surface area contributed by atoms with Crippen molar-refractivity contribution in [1.29, 1.82) is 0 Å². The highest BCUT2D eigenvalue weighted by Gasteiger charge is 2.41. The van der Waals surface area contributed by atoms with Gasteiger partial charge in [-0.3, -0.25) is 19.4 Å². The maximum Gasteiger partial charge on any atom is 0.265 e. The summed E-state index contributed by atoms with van der Waals surface area (Å²) in [7, 11) is 0. The van der Waals surface area contributed by atoms with Crippen molar-refractivity contribution in [3.05, 3.63) is 104 Å². The average molecular weight is 1030 g/mol. The second-order valence-electron chi connectivity index (χ2n) is 19.1. The van der Waals surface area contributed by atoms with E-state index in [0.29, 0.717) is 62.0 Å². The number of ether oxygens (including phenoxy) is 1. The summed E-state index contributed by atoms with van der Waals surface area (Å²) in [5.41, 5.74) is 4.30. The quantitative estimate of drug-likeness (QED) is 0.0644. The van der Waals surface area contributed by atoms with Crippen molar-refractivity contribution < 1.29 is 19.1 Å². The molecular formula is C55H70Cl4N4O4S. The van der Waals surface area contributed by atoms with Crippen LogP contribution in [0.2, 0.25) is 20.1 Å². The second kappa shape index (κ2) is 25.9. The molecule has 13 heteroatoms. The van der Waals surface area contributed by atoms with Crippen LogP contribution in [0.15, 0.2) is 82.7 Å². The van der Waals surface area contributed by atoms with Gasteiger partial charge in [0, 0.05) is 27.6 Å². The maximum atomic E-state index is 14.6. The van der Waals surface area contributed by atoms with Crippen LogP contribution in [0.3, 0.4) is 0 Å². The van der Waals surface area contributed by atoms with Crippen molar-refractivity contribution in [2.24, 2.45) is 4.99 Å². The van der Waals surface area contributed by atoms with Crippen LogP contribution in [0.25, 0.3) is 0 Å². The highest BCUT2D eigenvalue weighted by Crippen LogP contribution is 2.44. The van der Waals surface area contributed by atoms with E-state index in [0.717, 1.165) is 37.7 Å². The summed E-state index contributed by atoms with van der Waals surface area (Å²) in [5, 5.41) is 6.33. The van der Waals surface area contributed by atoms with Crippen LogP contribution in [0.4, 0.5) is 22.7 Å². The largest absolute Gasteiger partial charge is 0.480 e. The summed E-state index contributed by atoms with van der Waals surface area (Å²) in [4.78, 5) is 49.0. The molecule has 2 N–H and O–H groups in total. The Morgan fingerprint density at radius 3 is 2.03 bits per heavy atom. The number of rotatable bonds is 25. The topological polar surface area (TPSA) is 100 Å². The van der Waals surface area contributed by atoms with E-state index < -0.39 is 11.4 Å². The summed E-state index contributed by atoms with van der Waals surface area (Å²) >= 11 is 27.7. The van der Waals surface area contributed by atoms with Crippen LogP contribution in [-0.2, 0) is 25.2 Å². The minimum atomic E-state index is -0.885. The molecule has 2 unspecified atom stereocenters. The monoisotopic (exact) mass is 1020 g/mol. The number of carbonyl (C=O) groups excluding carboxylic acids is 3.